The summed E-state index contributed by atoms with van der Waals surface area (Å²) in [6.07, 6.45) is 12.8. The third kappa shape index (κ3) is 3.28. The zero-order chi connectivity index (χ0) is 8.81. The van der Waals surface area contributed by atoms with Gasteiger partial charge < -0.3 is 5.11 Å². The molecule has 0 aromatic rings. The van der Waals surface area contributed by atoms with Crippen LogP contribution in [0.4, 0.5) is 0 Å². The van der Waals surface area contributed by atoms with Crippen molar-refractivity contribution in [3.8, 4) is 12.3 Å². The maximum Gasteiger partial charge on any atom is 0.0552 e. The van der Waals surface area contributed by atoms with E-state index >= 15 is 0 Å². The van der Waals surface area contributed by atoms with Crippen molar-refractivity contribution in [2.45, 2.75) is 51.0 Å². The van der Waals surface area contributed by atoms with Gasteiger partial charge in [0.2, 0.25) is 0 Å². The minimum Gasteiger partial charge on any atom is -0.393 e. The Hall–Kier alpha value is -0.480. The van der Waals surface area contributed by atoms with Gasteiger partial charge in [0.1, 0.15) is 0 Å². The second kappa shape index (κ2) is 5.22. The maximum atomic E-state index is 9.55. The van der Waals surface area contributed by atoms with E-state index in [1.165, 1.54) is 25.7 Å². The summed E-state index contributed by atoms with van der Waals surface area (Å²) in [6, 6.07) is 0. The van der Waals surface area contributed by atoms with Crippen molar-refractivity contribution in [3.63, 3.8) is 0 Å². The molecule has 0 aromatic heterocycles. The molecule has 1 fully saturated rings. The highest BCUT2D eigenvalue weighted by Crippen LogP contribution is 2.29. The summed E-state index contributed by atoms with van der Waals surface area (Å²) in [5.74, 6) is 3.34. The van der Waals surface area contributed by atoms with Gasteiger partial charge in [0.15, 0.2) is 0 Å². The summed E-state index contributed by atoms with van der Waals surface area (Å²) in [7, 11) is 0. The van der Waals surface area contributed by atoms with Gasteiger partial charge in [0.05, 0.1) is 6.10 Å². The van der Waals surface area contributed by atoms with Gasteiger partial charge in [0, 0.05) is 6.42 Å². The summed E-state index contributed by atoms with van der Waals surface area (Å²) >= 11 is 0. The Morgan fingerprint density at radius 1 is 1.42 bits per heavy atom. The molecule has 0 radical (unpaired) electrons. The molecule has 1 nitrogen and oxygen atoms in total. The Kier molecular flexibility index (Phi) is 4.18. The highest BCUT2D eigenvalue weighted by Gasteiger charge is 2.18. The molecule has 12 heavy (non-hydrogen) atoms. The van der Waals surface area contributed by atoms with Gasteiger partial charge in [0.25, 0.3) is 0 Å². The Balaban J connectivity index is 2.08. The minimum atomic E-state index is -0.149. The van der Waals surface area contributed by atoms with E-state index in [9.17, 15) is 5.11 Å². The lowest BCUT2D eigenvalue weighted by atomic mass is 9.98. The molecular formula is C11H18O. The fourth-order valence-corrected chi connectivity index (χ4v) is 2.00. The van der Waals surface area contributed by atoms with Gasteiger partial charge in [-0.25, -0.2) is 0 Å². The lowest BCUT2D eigenvalue weighted by molar-refractivity contribution is 0.135. The maximum absolute atomic E-state index is 9.55. The molecule has 0 heterocycles. The molecule has 0 amide bonds. The molecule has 1 N–H and O–H groups in total. The second-order valence-electron chi connectivity index (χ2n) is 3.78. The monoisotopic (exact) mass is 166 g/mol. The highest BCUT2D eigenvalue weighted by molar-refractivity contribution is 4.84. The standard InChI is InChI=1S/C11H18O/c1-2-3-8-11(12)9-10-6-4-5-7-10/h1,10-12H,3-9H2. The van der Waals surface area contributed by atoms with Gasteiger partial charge in [-0.1, -0.05) is 25.7 Å². The smallest absolute Gasteiger partial charge is 0.0552 e. The fourth-order valence-electron chi connectivity index (χ4n) is 2.00. The summed E-state index contributed by atoms with van der Waals surface area (Å²) in [6.45, 7) is 0. The van der Waals surface area contributed by atoms with Crippen molar-refractivity contribution in [3.05, 3.63) is 0 Å². The van der Waals surface area contributed by atoms with Crippen LogP contribution in [0.25, 0.3) is 0 Å². The third-order valence-corrected chi connectivity index (χ3v) is 2.70. The average Bonchev–Trinajstić information content (AvgIpc) is 2.53. The molecule has 1 atom stereocenters. The molecule has 68 valence electrons. The van der Waals surface area contributed by atoms with Crippen LogP contribution in [0, 0.1) is 18.3 Å². The molecule has 1 unspecified atom stereocenters. The van der Waals surface area contributed by atoms with E-state index in [1.54, 1.807) is 0 Å². The largest absolute Gasteiger partial charge is 0.393 e. The topological polar surface area (TPSA) is 20.2 Å². The van der Waals surface area contributed by atoms with Crippen molar-refractivity contribution >= 4 is 0 Å². The molecule has 1 aliphatic rings. The van der Waals surface area contributed by atoms with Crippen molar-refractivity contribution in [2.75, 3.05) is 0 Å². The summed E-state index contributed by atoms with van der Waals surface area (Å²) in [4.78, 5) is 0. The Morgan fingerprint density at radius 2 is 2.08 bits per heavy atom. The lowest BCUT2D eigenvalue weighted by Gasteiger charge is -2.13. The van der Waals surface area contributed by atoms with E-state index in [2.05, 4.69) is 5.92 Å². The van der Waals surface area contributed by atoms with E-state index in [0.717, 1.165) is 18.8 Å². The number of hydrogen-bond acceptors (Lipinski definition) is 1. The average molecular weight is 166 g/mol. The normalized spacial score (nSPS) is 20.7. The summed E-state index contributed by atoms with van der Waals surface area (Å²) in [5, 5.41) is 9.55. The number of aliphatic hydroxyl groups is 1. The first-order valence-electron chi connectivity index (χ1n) is 4.94. The zero-order valence-corrected chi connectivity index (χ0v) is 7.63. The zero-order valence-electron chi connectivity index (χ0n) is 7.63. The fraction of sp³-hybridized carbons (Fsp3) is 0.818. The van der Waals surface area contributed by atoms with Crippen molar-refractivity contribution < 1.29 is 5.11 Å². The second-order valence-corrected chi connectivity index (χ2v) is 3.78. The number of rotatable bonds is 4. The first-order chi connectivity index (χ1) is 5.83. The molecule has 0 aromatic carbocycles. The molecule has 0 aliphatic heterocycles. The molecule has 1 rings (SSSR count). The van der Waals surface area contributed by atoms with Gasteiger partial charge in [-0.05, 0) is 18.8 Å². The Morgan fingerprint density at radius 3 is 2.67 bits per heavy atom. The molecule has 0 spiro atoms. The first-order valence-corrected chi connectivity index (χ1v) is 4.94. The van der Waals surface area contributed by atoms with E-state index in [-0.39, 0.29) is 6.10 Å². The van der Waals surface area contributed by atoms with E-state index in [0.29, 0.717) is 6.42 Å². The summed E-state index contributed by atoms with van der Waals surface area (Å²) < 4.78 is 0. The van der Waals surface area contributed by atoms with Crippen LogP contribution in [0.5, 0.6) is 0 Å². The molecule has 1 saturated carbocycles. The van der Waals surface area contributed by atoms with Crippen LogP contribution >= 0.6 is 0 Å². The number of terminal acetylenes is 1. The van der Waals surface area contributed by atoms with Crippen LogP contribution in [0.1, 0.15) is 44.9 Å². The van der Waals surface area contributed by atoms with Crippen LogP contribution in [0.2, 0.25) is 0 Å². The Labute approximate surface area is 75.2 Å². The van der Waals surface area contributed by atoms with Gasteiger partial charge in [-0.15, -0.1) is 12.3 Å². The van der Waals surface area contributed by atoms with Crippen LogP contribution < -0.4 is 0 Å². The SMILES string of the molecule is C#CCCC(O)CC1CCCC1. The Bertz CT molecular complexity index is 151. The molecule has 0 bridgehead atoms. The minimum absolute atomic E-state index is 0.149. The predicted octanol–water partition coefficient (Wildman–Crippen LogP) is 2.34. The molecule has 1 aliphatic carbocycles. The highest BCUT2D eigenvalue weighted by atomic mass is 16.3. The van der Waals surface area contributed by atoms with E-state index < -0.39 is 0 Å². The summed E-state index contributed by atoms with van der Waals surface area (Å²) in [5.41, 5.74) is 0. The lowest BCUT2D eigenvalue weighted by Crippen LogP contribution is -2.11. The van der Waals surface area contributed by atoms with Crippen LogP contribution in [0.15, 0.2) is 0 Å². The molecule has 0 saturated heterocycles. The predicted molar refractivity (Wildman–Crippen MR) is 50.6 cm³/mol. The van der Waals surface area contributed by atoms with E-state index in [4.69, 9.17) is 6.42 Å². The van der Waals surface area contributed by atoms with Crippen LogP contribution in [-0.4, -0.2) is 11.2 Å². The molecule has 1 heteroatoms. The number of hydrogen-bond donors (Lipinski definition) is 1. The third-order valence-electron chi connectivity index (χ3n) is 2.70. The first kappa shape index (κ1) is 9.61. The van der Waals surface area contributed by atoms with Crippen LogP contribution in [0.3, 0.4) is 0 Å². The van der Waals surface area contributed by atoms with Crippen molar-refractivity contribution in [1.29, 1.82) is 0 Å². The van der Waals surface area contributed by atoms with Crippen molar-refractivity contribution in [2.24, 2.45) is 5.92 Å². The molecular weight excluding hydrogens is 148 g/mol. The van der Waals surface area contributed by atoms with Crippen molar-refractivity contribution in [1.82, 2.24) is 0 Å². The van der Waals surface area contributed by atoms with Gasteiger partial charge in [-0.3, -0.25) is 0 Å². The van der Waals surface area contributed by atoms with Crippen LogP contribution in [-0.2, 0) is 0 Å². The quantitative estimate of drug-likeness (QED) is 0.635. The van der Waals surface area contributed by atoms with Gasteiger partial charge >= 0.3 is 0 Å². The van der Waals surface area contributed by atoms with E-state index in [1.807, 2.05) is 0 Å². The van der Waals surface area contributed by atoms with Gasteiger partial charge in [-0.2, -0.15) is 0 Å². The number of aliphatic hydroxyl groups excluding tert-OH is 1.